The Bertz CT molecular complexity index is 2510. The highest BCUT2D eigenvalue weighted by molar-refractivity contribution is 5.90. The Balaban J connectivity index is 1.36. The van der Waals surface area contributed by atoms with Gasteiger partial charge >= 0.3 is 23.9 Å². The molecule has 4 aliphatic rings. The molecule has 27 heteroatoms. The Hall–Kier alpha value is -6.06. The van der Waals surface area contributed by atoms with Crippen molar-refractivity contribution in [2.75, 3.05) is 33.0 Å². The van der Waals surface area contributed by atoms with E-state index in [0.29, 0.717) is 11.1 Å². The van der Waals surface area contributed by atoms with E-state index in [-0.39, 0.29) is 17.1 Å². The van der Waals surface area contributed by atoms with Crippen molar-refractivity contribution in [1.82, 2.24) is 0 Å². The van der Waals surface area contributed by atoms with Crippen LogP contribution in [0, 0.1) is 0 Å². The zero-order valence-electron chi connectivity index (χ0n) is 41.2. The second-order valence-electron chi connectivity index (χ2n) is 18.2. The predicted octanol–water partition coefficient (Wildman–Crippen LogP) is -3.37. The van der Waals surface area contributed by atoms with E-state index in [9.17, 15) is 80.5 Å². The fraction of sp³-hybridized carbons (Fsp3) is 0.490. The van der Waals surface area contributed by atoms with Crippen LogP contribution in [0.5, 0.6) is 11.5 Å². The van der Waals surface area contributed by atoms with Gasteiger partial charge in [0.25, 0.3) is 0 Å². The van der Waals surface area contributed by atoms with Crippen LogP contribution in [0.4, 0.5) is 0 Å². The van der Waals surface area contributed by atoms with Crippen LogP contribution in [0.2, 0.25) is 0 Å². The van der Waals surface area contributed by atoms with Gasteiger partial charge in [-0.3, -0.25) is 4.79 Å². The van der Waals surface area contributed by atoms with Gasteiger partial charge in [0.05, 0.1) is 32.0 Å². The summed E-state index contributed by atoms with van der Waals surface area (Å²) in [6.07, 6.45) is -32.6. The predicted molar refractivity (Wildman–Crippen MR) is 255 cm³/mol. The third kappa shape index (κ3) is 14.0. The lowest BCUT2D eigenvalue weighted by atomic mass is 9.95. The SMILES string of the molecule is CC(=O)O[C@@H]1[C@@H](O)[C@H](O[C@@H]2[C@@H](O[C@@H]3O[C@H](CO)[C@@H](O)[C@H](O)[C@H]3O)[C@@H](O[C@]3(COC(=O)/C=C/c4ccc(O)cc4)O[C@H](CO)[C@@H](O)[C@@H]3OC(=O)c3ccccc3)O[C@H](CO)[C@H]2OC(=O)/C=C/c2ccc(O)cc2)O[C@H](CO)[C@H]1O. The number of aliphatic hydroxyl groups excluding tert-OH is 10. The van der Waals surface area contributed by atoms with Crippen LogP contribution < -0.4 is 0 Å². The number of aromatic hydroxyl groups is 2. The monoisotopic (exact) mass is 1100 g/mol. The molecule has 4 saturated heterocycles. The standard InChI is InChI=1S/C51H60O27/c1-24(56)69-43-37(62)31(20-53)71-49(41(43)66)74-44-42(73-35(60)18-12-26-9-15-29(58)16-10-26)33(22-55)72-50(45(44)75-48-40(65)39(64)36(61)30(19-52)70-48)78-51(23-68-34(59)17-11-25-7-13-28(57)14-8-25)46(38(63)32(21-54)77-51)76-47(67)27-5-3-2-4-6-27/h2-18,30-33,36-46,48-50,52-55,57-58,61-66H,19-23H2,1H3/b17-11+,18-12+/t30-,31-,32-,33-,36-,37-,38-,39+,40-,41-,42-,43+,44+,45-,46+,48+,49+,50-,51+/m1/s1. The smallest absolute Gasteiger partial charge is 0.338 e. The molecule has 3 aromatic carbocycles. The highest BCUT2D eigenvalue weighted by Crippen LogP contribution is 2.42. The first-order valence-corrected chi connectivity index (χ1v) is 24.2. The zero-order chi connectivity index (χ0) is 56.4. The minimum Gasteiger partial charge on any atom is -0.508 e. The fourth-order valence-corrected chi connectivity index (χ4v) is 8.79. The van der Waals surface area contributed by atoms with Crippen LogP contribution in [0.25, 0.3) is 12.2 Å². The summed E-state index contributed by atoms with van der Waals surface area (Å²) in [5.74, 6) is -7.59. The highest BCUT2D eigenvalue weighted by Gasteiger charge is 2.64. The Kier molecular flexibility index (Phi) is 20.4. The summed E-state index contributed by atoms with van der Waals surface area (Å²) < 4.78 is 65.4. The van der Waals surface area contributed by atoms with Crippen molar-refractivity contribution in [2.45, 2.75) is 123 Å². The van der Waals surface area contributed by atoms with Gasteiger partial charge in [-0.1, -0.05) is 42.5 Å². The number of carbonyl (C=O) groups excluding carboxylic acids is 4. The molecule has 0 amide bonds. The van der Waals surface area contributed by atoms with Crippen LogP contribution >= 0.6 is 0 Å². The van der Waals surface area contributed by atoms with Gasteiger partial charge in [-0.25, -0.2) is 14.4 Å². The Morgan fingerprint density at radius 3 is 1.62 bits per heavy atom. The van der Waals surface area contributed by atoms with Crippen molar-refractivity contribution in [3.8, 4) is 11.5 Å². The van der Waals surface area contributed by atoms with Gasteiger partial charge in [0.2, 0.25) is 5.79 Å². The van der Waals surface area contributed by atoms with Crippen LogP contribution in [0.3, 0.4) is 0 Å². The topological polar surface area (TPSA) is 413 Å². The van der Waals surface area contributed by atoms with E-state index in [2.05, 4.69) is 0 Å². The third-order valence-corrected chi connectivity index (χ3v) is 12.8. The van der Waals surface area contributed by atoms with Gasteiger partial charge in [0.15, 0.2) is 37.2 Å². The minimum atomic E-state index is -2.88. The van der Waals surface area contributed by atoms with Crippen molar-refractivity contribution in [3.63, 3.8) is 0 Å². The normalized spacial score (nSPS) is 35.1. The van der Waals surface area contributed by atoms with Gasteiger partial charge in [-0.2, -0.15) is 0 Å². The molecule has 0 aromatic heterocycles. The lowest BCUT2D eigenvalue weighted by molar-refractivity contribution is -0.421. The summed E-state index contributed by atoms with van der Waals surface area (Å²) in [5, 5.41) is 129. The van der Waals surface area contributed by atoms with Gasteiger partial charge in [-0.15, -0.1) is 0 Å². The van der Waals surface area contributed by atoms with E-state index in [4.69, 9.17) is 52.1 Å². The summed E-state index contributed by atoms with van der Waals surface area (Å²) in [6, 6.07) is 18.3. The molecule has 4 heterocycles. The van der Waals surface area contributed by atoms with Crippen LogP contribution in [-0.4, -0.2) is 234 Å². The van der Waals surface area contributed by atoms with Crippen molar-refractivity contribution in [3.05, 3.63) is 108 Å². The minimum absolute atomic E-state index is 0.0798. The lowest BCUT2D eigenvalue weighted by Crippen LogP contribution is -2.69. The number of ether oxygens (including phenoxy) is 11. The van der Waals surface area contributed by atoms with Crippen molar-refractivity contribution < 1.29 is 133 Å². The number of phenols is 2. The number of benzene rings is 3. The Morgan fingerprint density at radius 2 is 1.05 bits per heavy atom. The van der Waals surface area contributed by atoms with E-state index >= 15 is 0 Å². The molecular formula is C51H60O27. The number of esters is 4. The largest absolute Gasteiger partial charge is 0.508 e. The zero-order valence-corrected chi connectivity index (χ0v) is 41.2. The third-order valence-electron chi connectivity index (χ3n) is 12.8. The molecule has 0 saturated carbocycles. The summed E-state index contributed by atoms with van der Waals surface area (Å²) in [5.41, 5.74) is 0.668. The molecule has 7 rings (SSSR count). The molecule has 19 atom stereocenters. The number of rotatable bonds is 20. The van der Waals surface area contributed by atoms with E-state index in [1.165, 1.54) is 84.9 Å². The Morgan fingerprint density at radius 1 is 0.526 bits per heavy atom. The molecule has 0 unspecified atom stereocenters. The van der Waals surface area contributed by atoms with E-state index in [0.717, 1.165) is 19.1 Å². The molecule has 0 bridgehead atoms. The second-order valence-corrected chi connectivity index (χ2v) is 18.2. The average molecular weight is 1110 g/mol. The summed E-state index contributed by atoms with van der Waals surface area (Å²) in [4.78, 5) is 53.5. The van der Waals surface area contributed by atoms with Gasteiger partial charge in [0, 0.05) is 19.1 Å². The molecule has 0 aliphatic carbocycles. The number of aliphatic hydroxyl groups is 10. The molecule has 3 aromatic rings. The summed E-state index contributed by atoms with van der Waals surface area (Å²) in [6.45, 7) is -4.46. The van der Waals surface area contributed by atoms with Gasteiger partial charge < -0.3 is 113 Å². The quantitative estimate of drug-likeness (QED) is 0.0298. The Labute approximate surface area is 443 Å². The van der Waals surface area contributed by atoms with Gasteiger partial charge in [0.1, 0.15) is 91.4 Å². The first-order chi connectivity index (χ1) is 37.3. The van der Waals surface area contributed by atoms with Crippen LogP contribution in [0.1, 0.15) is 28.4 Å². The van der Waals surface area contributed by atoms with Gasteiger partial charge in [-0.05, 0) is 59.7 Å². The molecule has 78 heavy (non-hydrogen) atoms. The highest BCUT2D eigenvalue weighted by atomic mass is 16.8. The molecule has 4 fully saturated rings. The second kappa shape index (κ2) is 26.7. The van der Waals surface area contributed by atoms with Crippen molar-refractivity contribution >= 4 is 36.0 Å². The molecule has 0 radical (unpaired) electrons. The van der Waals surface area contributed by atoms with E-state index in [1.807, 2.05) is 0 Å². The molecule has 12 N–H and O–H groups in total. The molecule has 426 valence electrons. The number of hydrogen-bond donors (Lipinski definition) is 12. The number of phenolic OH excluding ortho intramolecular Hbond substituents is 2. The van der Waals surface area contributed by atoms with Crippen LogP contribution in [-0.2, 0) is 66.5 Å². The van der Waals surface area contributed by atoms with E-state index in [1.54, 1.807) is 6.07 Å². The first-order valence-electron chi connectivity index (χ1n) is 24.2. The van der Waals surface area contributed by atoms with Crippen molar-refractivity contribution in [2.24, 2.45) is 0 Å². The maximum Gasteiger partial charge on any atom is 0.338 e. The molecule has 0 spiro atoms. The van der Waals surface area contributed by atoms with Crippen molar-refractivity contribution in [1.29, 1.82) is 0 Å². The fourth-order valence-electron chi connectivity index (χ4n) is 8.79. The number of carbonyl (C=O) groups is 4. The molecular weight excluding hydrogens is 1040 g/mol. The maximum atomic E-state index is 13.9. The lowest BCUT2D eigenvalue weighted by Gasteiger charge is -2.50. The van der Waals surface area contributed by atoms with E-state index < -0.39 is 173 Å². The number of hydrogen-bond acceptors (Lipinski definition) is 27. The molecule has 27 nitrogen and oxygen atoms in total. The summed E-state index contributed by atoms with van der Waals surface area (Å²) in [7, 11) is 0. The average Bonchev–Trinajstić information content (AvgIpc) is 3.78. The summed E-state index contributed by atoms with van der Waals surface area (Å²) >= 11 is 0. The molecule has 4 aliphatic heterocycles. The van der Waals surface area contributed by atoms with Crippen LogP contribution in [0.15, 0.2) is 91.0 Å². The maximum absolute atomic E-state index is 13.9. The first kappa shape index (κ1) is 59.6.